The van der Waals surface area contributed by atoms with Crippen molar-refractivity contribution in [1.29, 1.82) is 0 Å². The van der Waals surface area contributed by atoms with Gasteiger partial charge in [-0.05, 0) is 37.3 Å². The highest BCUT2D eigenvalue weighted by Crippen LogP contribution is 2.29. The van der Waals surface area contributed by atoms with Crippen molar-refractivity contribution in [3.63, 3.8) is 0 Å². The fourth-order valence-corrected chi connectivity index (χ4v) is 3.50. The van der Waals surface area contributed by atoms with Crippen molar-refractivity contribution in [3.05, 3.63) is 95.6 Å². The van der Waals surface area contributed by atoms with Crippen LogP contribution in [0.5, 0.6) is 0 Å². The molecule has 0 aliphatic carbocycles. The van der Waals surface area contributed by atoms with E-state index >= 15 is 0 Å². The van der Waals surface area contributed by atoms with Crippen LogP contribution in [0, 0.1) is 12.7 Å². The van der Waals surface area contributed by atoms with Gasteiger partial charge in [-0.15, -0.1) is 0 Å². The Bertz CT molecular complexity index is 1290. The van der Waals surface area contributed by atoms with E-state index in [2.05, 4.69) is 20.5 Å². The van der Waals surface area contributed by atoms with Gasteiger partial charge in [-0.3, -0.25) is 19.7 Å². The van der Waals surface area contributed by atoms with Gasteiger partial charge in [0.25, 0.3) is 5.91 Å². The molecule has 33 heavy (non-hydrogen) atoms. The third kappa shape index (κ3) is 4.95. The van der Waals surface area contributed by atoms with E-state index in [9.17, 15) is 14.0 Å². The number of aryl methyl sites for hydroxylation is 1. The zero-order valence-electron chi connectivity index (χ0n) is 17.9. The quantitative estimate of drug-likeness (QED) is 0.406. The molecule has 4 aromatic rings. The van der Waals surface area contributed by atoms with Gasteiger partial charge in [0.2, 0.25) is 5.91 Å². The van der Waals surface area contributed by atoms with Crippen molar-refractivity contribution in [2.75, 3.05) is 0 Å². The molecule has 2 heterocycles. The maximum atomic E-state index is 14.9. The Labute approximate surface area is 189 Å². The third-order valence-corrected chi connectivity index (χ3v) is 5.24. The van der Waals surface area contributed by atoms with Gasteiger partial charge in [0.15, 0.2) is 0 Å². The van der Waals surface area contributed by atoms with Crippen LogP contribution in [0.3, 0.4) is 0 Å². The minimum absolute atomic E-state index is 0.0568. The van der Waals surface area contributed by atoms with Crippen LogP contribution in [-0.2, 0) is 11.2 Å². The van der Waals surface area contributed by atoms with Gasteiger partial charge >= 0.3 is 0 Å². The van der Waals surface area contributed by atoms with Crippen molar-refractivity contribution in [3.8, 4) is 22.5 Å². The normalized spacial score (nSPS) is 11.7. The van der Waals surface area contributed by atoms with Gasteiger partial charge in [-0.2, -0.15) is 5.10 Å². The highest BCUT2D eigenvalue weighted by molar-refractivity contribution is 6.02. The summed E-state index contributed by atoms with van der Waals surface area (Å²) in [5.74, 6) is -1.94. The molecule has 4 rings (SSSR count). The number of H-pyrrole nitrogens is 1. The molecule has 2 aromatic heterocycles. The molecule has 0 aliphatic rings. The number of pyridine rings is 1. The van der Waals surface area contributed by atoms with Crippen molar-refractivity contribution in [2.45, 2.75) is 19.4 Å². The average molecular weight is 443 g/mol. The Morgan fingerprint density at radius 3 is 2.58 bits per heavy atom. The standard InChI is InChI=1S/C25H22FN5O2/c1-15-8-10-16(11-9-15)20-14-21(31-30-20)23-18(6-4-7-19(23)26)25(33)29-22(24(27)32)13-17-5-2-3-12-28-17/h2-12,14,22H,13H2,1H3,(H2,27,32)(H,29,33)(H,30,31)/t22-/m1/s1. The number of rotatable bonds is 7. The lowest BCUT2D eigenvalue weighted by molar-refractivity contribution is -0.119. The highest BCUT2D eigenvalue weighted by Gasteiger charge is 2.24. The lowest BCUT2D eigenvalue weighted by atomic mass is 10.0. The number of amides is 2. The molecule has 0 fully saturated rings. The van der Waals surface area contributed by atoms with E-state index in [1.807, 2.05) is 31.2 Å². The number of carbonyl (C=O) groups is 2. The Morgan fingerprint density at radius 2 is 1.88 bits per heavy atom. The van der Waals surface area contributed by atoms with Gasteiger partial charge in [0.1, 0.15) is 11.9 Å². The number of aromatic amines is 1. The number of hydrogen-bond donors (Lipinski definition) is 3. The van der Waals surface area contributed by atoms with E-state index in [4.69, 9.17) is 5.73 Å². The number of primary amides is 1. The van der Waals surface area contributed by atoms with Crippen LogP contribution in [0.1, 0.15) is 21.6 Å². The topological polar surface area (TPSA) is 114 Å². The number of benzene rings is 2. The van der Waals surface area contributed by atoms with Crippen LogP contribution >= 0.6 is 0 Å². The molecule has 0 saturated carbocycles. The van der Waals surface area contributed by atoms with Crippen molar-refractivity contribution in [1.82, 2.24) is 20.5 Å². The van der Waals surface area contributed by atoms with E-state index in [1.54, 1.807) is 30.5 Å². The number of nitrogens with two attached hydrogens (primary N) is 1. The summed E-state index contributed by atoms with van der Waals surface area (Å²) in [7, 11) is 0. The van der Waals surface area contributed by atoms with Crippen LogP contribution in [0.4, 0.5) is 4.39 Å². The summed E-state index contributed by atoms with van der Waals surface area (Å²) in [6, 6.07) is 17.8. The molecule has 0 saturated heterocycles. The number of carbonyl (C=O) groups excluding carboxylic acids is 2. The number of hydrogen-bond acceptors (Lipinski definition) is 4. The molecule has 0 radical (unpaired) electrons. The predicted octanol–water partition coefficient (Wildman–Crippen LogP) is 3.41. The number of aromatic nitrogens is 3. The molecule has 4 N–H and O–H groups in total. The molecule has 0 aliphatic heterocycles. The average Bonchev–Trinajstić information content (AvgIpc) is 3.29. The molecule has 0 bridgehead atoms. The zero-order chi connectivity index (χ0) is 23.4. The molecule has 7 nitrogen and oxygen atoms in total. The summed E-state index contributed by atoms with van der Waals surface area (Å²) >= 11 is 0. The van der Waals surface area contributed by atoms with Gasteiger partial charge in [-0.25, -0.2) is 4.39 Å². The Hall–Kier alpha value is -4.33. The Balaban J connectivity index is 1.63. The second-order valence-electron chi connectivity index (χ2n) is 7.65. The van der Waals surface area contributed by atoms with Gasteiger partial charge < -0.3 is 11.1 Å². The minimum atomic E-state index is -1.01. The maximum Gasteiger partial charge on any atom is 0.252 e. The summed E-state index contributed by atoms with van der Waals surface area (Å²) in [5, 5.41) is 9.70. The fraction of sp³-hybridized carbons (Fsp3) is 0.120. The van der Waals surface area contributed by atoms with Crippen LogP contribution in [0.25, 0.3) is 22.5 Å². The van der Waals surface area contributed by atoms with E-state index in [-0.39, 0.29) is 17.5 Å². The summed E-state index contributed by atoms with van der Waals surface area (Å²) in [5.41, 5.74) is 9.13. The van der Waals surface area contributed by atoms with E-state index in [0.717, 1.165) is 11.1 Å². The largest absolute Gasteiger partial charge is 0.368 e. The number of nitrogens with zero attached hydrogens (tertiary/aromatic N) is 2. The second-order valence-corrected chi connectivity index (χ2v) is 7.65. The molecular weight excluding hydrogens is 421 g/mol. The smallest absolute Gasteiger partial charge is 0.252 e. The lowest BCUT2D eigenvalue weighted by Gasteiger charge is -2.16. The zero-order valence-corrected chi connectivity index (χ0v) is 17.9. The van der Waals surface area contributed by atoms with Gasteiger partial charge in [0, 0.05) is 29.4 Å². The monoisotopic (exact) mass is 443 g/mol. The van der Waals surface area contributed by atoms with Crippen LogP contribution in [0.15, 0.2) is 72.9 Å². The molecule has 0 spiro atoms. The first-order valence-corrected chi connectivity index (χ1v) is 10.3. The second kappa shape index (κ2) is 9.44. The van der Waals surface area contributed by atoms with Crippen molar-refractivity contribution < 1.29 is 14.0 Å². The first-order chi connectivity index (χ1) is 15.9. The first kappa shape index (κ1) is 21.9. The SMILES string of the molecule is Cc1ccc(-c2cc(-c3c(F)cccc3C(=O)N[C@H](Cc3ccccn3)C(N)=O)[nH]n2)cc1. The van der Waals surface area contributed by atoms with Crippen molar-refractivity contribution >= 4 is 11.8 Å². The van der Waals surface area contributed by atoms with Crippen LogP contribution in [0.2, 0.25) is 0 Å². The fourth-order valence-electron chi connectivity index (χ4n) is 3.50. The molecule has 0 unspecified atom stereocenters. The first-order valence-electron chi connectivity index (χ1n) is 10.3. The van der Waals surface area contributed by atoms with Crippen LogP contribution < -0.4 is 11.1 Å². The molecule has 8 heteroatoms. The Kier molecular flexibility index (Phi) is 6.26. The summed E-state index contributed by atoms with van der Waals surface area (Å²) in [4.78, 5) is 29.2. The van der Waals surface area contributed by atoms with Gasteiger partial charge in [0.05, 0.1) is 17.0 Å². The summed E-state index contributed by atoms with van der Waals surface area (Å²) in [6.07, 6.45) is 1.71. The maximum absolute atomic E-state index is 14.9. The van der Waals surface area contributed by atoms with E-state index in [0.29, 0.717) is 17.1 Å². The van der Waals surface area contributed by atoms with E-state index in [1.165, 1.54) is 18.2 Å². The molecule has 166 valence electrons. The summed E-state index contributed by atoms with van der Waals surface area (Å²) < 4.78 is 14.9. The molecule has 2 aromatic carbocycles. The predicted molar refractivity (Wildman–Crippen MR) is 123 cm³/mol. The number of halogens is 1. The highest BCUT2D eigenvalue weighted by atomic mass is 19.1. The lowest BCUT2D eigenvalue weighted by Crippen LogP contribution is -2.46. The number of nitrogens with one attached hydrogen (secondary N) is 2. The van der Waals surface area contributed by atoms with E-state index < -0.39 is 23.7 Å². The van der Waals surface area contributed by atoms with Crippen LogP contribution in [-0.4, -0.2) is 33.0 Å². The van der Waals surface area contributed by atoms with Crippen molar-refractivity contribution in [2.24, 2.45) is 5.73 Å². The van der Waals surface area contributed by atoms with Gasteiger partial charge in [-0.1, -0.05) is 42.0 Å². The molecule has 2 amide bonds. The third-order valence-electron chi connectivity index (χ3n) is 5.24. The molecule has 1 atom stereocenters. The Morgan fingerprint density at radius 1 is 1.09 bits per heavy atom. The molecular formula is C25H22FN5O2. The summed E-state index contributed by atoms with van der Waals surface area (Å²) in [6.45, 7) is 1.98. The minimum Gasteiger partial charge on any atom is -0.368 e.